The van der Waals surface area contributed by atoms with E-state index < -0.39 is 0 Å². The van der Waals surface area contributed by atoms with Crippen LogP contribution in [0.5, 0.6) is 0 Å². The van der Waals surface area contributed by atoms with E-state index in [0.29, 0.717) is 6.04 Å². The summed E-state index contributed by atoms with van der Waals surface area (Å²) in [4.78, 5) is 13.9. The summed E-state index contributed by atoms with van der Waals surface area (Å²) >= 11 is 0. The van der Waals surface area contributed by atoms with Crippen molar-refractivity contribution in [3.63, 3.8) is 0 Å². The number of benzene rings is 1. The SMILES string of the molecule is CCC(C=O)(CC)CN(Cc1ccccc1)C(C)C. The zero-order valence-electron chi connectivity index (χ0n) is 12.7. The molecule has 0 bridgehead atoms. The molecule has 0 amide bonds. The lowest BCUT2D eigenvalue weighted by Gasteiger charge is -2.35. The number of nitrogens with zero attached hydrogens (tertiary/aromatic N) is 1. The molecule has 0 N–H and O–H groups in total. The highest BCUT2D eigenvalue weighted by Gasteiger charge is 2.29. The van der Waals surface area contributed by atoms with Crippen molar-refractivity contribution in [2.24, 2.45) is 5.41 Å². The zero-order valence-corrected chi connectivity index (χ0v) is 12.7. The Labute approximate surface area is 117 Å². The van der Waals surface area contributed by atoms with E-state index in [0.717, 1.165) is 32.2 Å². The maximum atomic E-state index is 11.5. The van der Waals surface area contributed by atoms with Crippen LogP contribution in [0.2, 0.25) is 0 Å². The van der Waals surface area contributed by atoms with Crippen molar-refractivity contribution in [3.8, 4) is 0 Å². The molecule has 1 aromatic carbocycles. The van der Waals surface area contributed by atoms with Gasteiger partial charge in [0.2, 0.25) is 0 Å². The van der Waals surface area contributed by atoms with E-state index in [9.17, 15) is 4.79 Å². The lowest BCUT2D eigenvalue weighted by atomic mass is 9.83. The van der Waals surface area contributed by atoms with E-state index in [2.05, 4.69) is 56.9 Å². The minimum Gasteiger partial charge on any atom is -0.303 e. The van der Waals surface area contributed by atoms with Gasteiger partial charge in [0.15, 0.2) is 0 Å². The standard InChI is InChI=1S/C17H27NO/c1-5-17(6-2,14-19)13-18(15(3)4)12-16-10-8-7-9-11-16/h7-11,14-15H,5-6,12-13H2,1-4H3. The Hall–Kier alpha value is -1.15. The Kier molecular flexibility index (Phi) is 6.23. The Bertz CT molecular complexity index is 368. The van der Waals surface area contributed by atoms with Gasteiger partial charge in [-0.1, -0.05) is 44.2 Å². The molecule has 0 aromatic heterocycles. The van der Waals surface area contributed by atoms with E-state index in [4.69, 9.17) is 0 Å². The maximum Gasteiger partial charge on any atom is 0.127 e. The summed E-state index contributed by atoms with van der Waals surface area (Å²) in [6.45, 7) is 10.4. The van der Waals surface area contributed by atoms with Crippen LogP contribution in [0.1, 0.15) is 46.1 Å². The molecule has 0 fully saturated rings. The number of aldehydes is 1. The summed E-state index contributed by atoms with van der Waals surface area (Å²) in [5.41, 5.74) is 1.11. The summed E-state index contributed by atoms with van der Waals surface area (Å²) in [5, 5.41) is 0. The molecule has 19 heavy (non-hydrogen) atoms. The van der Waals surface area contributed by atoms with Crippen molar-refractivity contribution in [2.75, 3.05) is 6.54 Å². The topological polar surface area (TPSA) is 20.3 Å². The van der Waals surface area contributed by atoms with Crippen LogP contribution in [-0.4, -0.2) is 23.8 Å². The van der Waals surface area contributed by atoms with Gasteiger partial charge in [-0.05, 0) is 32.3 Å². The maximum absolute atomic E-state index is 11.5. The second-order valence-corrected chi connectivity index (χ2v) is 5.67. The third kappa shape index (κ3) is 4.46. The molecule has 0 aliphatic rings. The third-order valence-electron chi connectivity index (χ3n) is 4.14. The quantitative estimate of drug-likeness (QED) is 0.661. The highest BCUT2D eigenvalue weighted by Crippen LogP contribution is 2.26. The first-order valence-corrected chi connectivity index (χ1v) is 7.31. The van der Waals surface area contributed by atoms with Gasteiger partial charge in [0.05, 0.1) is 0 Å². The molecular weight excluding hydrogens is 234 g/mol. The molecule has 0 atom stereocenters. The fourth-order valence-electron chi connectivity index (χ4n) is 2.32. The fourth-order valence-corrected chi connectivity index (χ4v) is 2.32. The van der Waals surface area contributed by atoms with Crippen molar-refractivity contribution in [2.45, 2.75) is 53.1 Å². The van der Waals surface area contributed by atoms with Crippen LogP contribution in [0.3, 0.4) is 0 Å². The predicted molar refractivity (Wildman–Crippen MR) is 81.1 cm³/mol. The van der Waals surface area contributed by atoms with Crippen molar-refractivity contribution >= 4 is 6.29 Å². The predicted octanol–water partition coefficient (Wildman–Crippen LogP) is 3.90. The van der Waals surface area contributed by atoms with Crippen molar-refractivity contribution in [3.05, 3.63) is 35.9 Å². The number of carbonyl (C=O) groups is 1. The number of carbonyl (C=O) groups excluding carboxylic acids is 1. The highest BCUT2D eigenvalue weighted by molar-refractivity contribution is 5.59. The van der Waals surface area contributed by atoms with Crippen LogP contribution >= 0.6 is 0 Å². The van der Waals surface area contributed by atoms with Gasteiger partial charge in [-0.2, -0.15) is 0 Å². The van der Waals surface area contributed by atoms with E-state index in [1.807, 2.05) is 6.07 Å². The minimum atomic E-state index is -0.195. The smallest absolute Gasteiger partial charge is 0.127 e. The molecule has 0 heterocycles. The molecule has 0 saturated heterocycles. The van der Waals surface area contributed by atoms with Crippen molar-refractivity contribution in [1.82, 2.24) is 4.90 Å². The molecule has 0 aliphatic heterocycles. The first-order valence-electron chi connectivity index (χ1n) is 7.31. The summed E-state index contributed by atoms with van der Waals surface area (Å²) in [6.07, 6.45) is 2.98. The molecular formula is C17H27NO. The highest BCUT2D eigenvalue weighted by atomic mass is 16.1. The van der Waals surface area contributed by atoms with Gasteiger partial charge in [-0.3, -0.25) is 4.90 Å². The summed E-state index contributed by atoms with van der Waals surface area (Å²) < 4.78 is 0. The lowest BCUT2D eigenvalue weighted by Crippen LogP contribution is -2.41. The molecule has 0 spiro atoms. The van der Waals surface area contributed by atoms with Crippen LogP contribution in [-0.2, 0) is 11.3 Å². The van der Waals surface area contributed by atoms with Crippen LogP contribution in [0.25, 0.3) is 0 Å². The monoisotopic (exact) mass is 261 g/mol. The molecule has 0 unspecified atom stereocenters. The van der Waals surface area contributed by atoms with Gasteiger partial charge in [0, 0.05) is 24.5 Å². The van der Waals surface area contributed by atoms with Gasteiger partial charge >= 0.3 is 0 Å². The molecule has 2 nitrogen and oxygen atoms in total. The Morgan fingerprint density at radius 2 is 1.74 bits per heavy atom. The van der Waals surface area contributed by atoms with Crippen molar-refractivity contribution in [1.29, 1.82) is 0 Å². The van der Waals surface area contributed by atoms with E-state index >= 15 is 0 Å². The molecule has 0 aliphatic carbocycles. The second-order valence-electron chi connectivity index (χ2n) is 5.67. The normalized spacial score (nSPS) is 12.1. The minimum absolute atomic E-state index is 0.195. The van der Waals surface area contributed by atoms with Crippen LogP contribution < -0.4 is 0 Å². The van der Waals surface area contributed by atoms with Crippen LogP contribution in [0, 0.1) is 5.41 Å². The largest absolute Gasteiger partial charge is 0.303 e. The summed E-state index contributed by atoms with van der Waals surface area (Å²) in [5.74, 6) is 0. The van der Waals surface area contributed by atoms with E-state index in [1.165, 1.54) is 5.56 Å². The van der Waals surface area contributed by atoms with E-state index in [-0.39, 0.29) is 5.41 Å². The Morgan fingerprint density at radius 3 is 2.16 bits per heavy atom. The third-order valence-corrected chi connectivity index (χ3v) is 4.14. The first kappa shape index (κ1) is 15.9. The second kappa shape index (κ2) is 7.44. The Morgan fingerprint density at radius 1 is 1.16 bits per heavy atom. The molecule has 106 valence electrons. The van der Waals surface area contributed by atoms with Crippen molar-refractivity contribution < 1.29 is 4.79 Å². The van der Waals surface area contributed by atoms with Crippen LogP contribution in [0.4, 0.5) is 0 Å². The van der Waals surface area contributed by atoms with Gasteiger partial charge < -0.3 is 4.79 Å². The lowest BCUT2D eigenvalue weighted by molar-refractivity contribution is -0.118. The average molecular weight is 261 g/mol. The molecule has 1 rings (SSSR count). The molecule has 0 radical (unpaired) electrons. The molecule has 2 heteroatoms. The molecule has 1 aromatic rings. The summed E-state index contributed by atoms with van der Waals surface area (Å²) in [7, 11) is 0. The number of hydrogen-bond acceptors (Lipinski definition) is 2. The first-order chi connectivity index (χ1) is 9.06. The zero-order chi connectivity index (χ0) is 14.3. The fraction of sp³-hybridized carbons (Fsp3) is 0.588. The number of rotatable bonds is 8. The van der Waals surface area contributed by atoms with Gasteiger partial charge in [0.25, 0.3) is 0 Å². The van der Waals surface area contributed by atoms with Crippen LogP contribution in [0.15, 0.2) is 30.3 Å². The average Bonchev–Trinajstić information content (AvgIpc) is 2.45. The van der Waals surface area contributed by atoms with Gasteiger partial charge in [-0.25, -0.2) is 0 Å². The Balaban J connectivity index is 2.81. The van der Waals surface area contributed by atoms with E-state index in [1.54, 1.807) is 0 Å². The van der Waals surface area contributed by atoms with Gasteiger partial charge in [-0.15, -0.1) is 0 Å². The van der Waals surface area contributed by atoms with Gasteiger partial charge in [0.1, 0.15) is 6.29 Å². The number of hydrogen-bond donors (Lipinski definition) is 0. The molecule has 0 saturated carbocycles. The summed E-state index contributed by atoms with van der Waals surface area (Å²) in [6, 6.07) is 10.9.